The van der Waals surface area contributed by atoms with Gasteiger partial charge in [0.25, 0.3) is 0 Å². The summed E-state index contributed by atoms with van der Waals surface area (Å²) in [6.45, 7) is 2.62. The second kappa shape index (κ2) is 6.46. The second-order valence-corrected chi connectivity index (χ2v) is 5.71. The van der Waals surface area contributed by atoms with Crippen LogP contribution in [0.1, 0.15) is 19.8 Å². The van der Waals surface area contributed by atoms with Crippen LogP contribution >= 0.6 is 11.6 Å². The van der Waals surface area contributed by atoms with Gasteiger partial charge in [-0.25, -0.2) is 0 Å². The summed E-state index contributed by atoms with van der Waals surface area (Å²) < 4.78 is 5.51. The van der Waals surface area contributed by atoms with Crippen LogP contribution in [0.15, 0.2) is 24.3 Å². The van der Waals surface area contributed by atoms with E-state index in [2.05, 4.69) is 20.5 Å². The Balaban J connectivity index is 1.72. The smallest absolute Gasteiger partial charge is 0.249 e. The number of carbonyl (C=O) groups excluding carboxylic acids is 1. The number of aromatic nitrogens is 3. The Labute approximate surface area is 133 Å². The average Bonchev–Trinajstić information content (AvgIpc) is 2.96. The molecule has 0 aliphatic carbocycles. The molecule has 0 bridgehead atoms. The molecule has 7 heteroatoms. The van der Waals surface area contributed by atoms with Gasteiger partial charge in [-0.3, -0.25) is 15.2 Å². The van der Waals surface area contributed by atoms with E-state index in [1.807, 2.05) is 25.1 Å². The van der Waals surface area contributed by atoms with Gasteiger partial charge in [-0.1, -0.05) is 23.7 Å². The minimum absolute atomic E-state index is 0.0873. The Morgan fingerprint density at radius 3 is 3.05 bits per heavy atom. The fraction of sp³-hybridized carbons (Fsp3) is 0.400. The van der Waals surface area contributed by atoms with E-state index in [-0.39, 0.29) is 23.9 Å². The van der Waals surface area contributed by atoms with Gasteiger partial charge in [-0.05, 0) is 31.9 Å². The quantitative estimate of drug-likeness (QED) is 0.911. The minimum atomic E-state index is -0.170. The van der Waals surface area contributed by atoms with Crippen LogP contribution in [0.3, 0.4) is 0 Å². The zero-order valence-corrected chi connectivity index (χ0v) is 12.9. The molecule has 3 rings (SSSR count). The third-order valence-electron chi connectivity index (χ3n) is 3.79. The number of anilines is 1. The predicted molar refractivity (Wildman–Crippen MR) is 83.6 cm³/mol. The number of hydrogen-bond acceptors (Lipinski definition) is 4. The molecule has 116 valence electrons. The number of hydrogen-bond donors (Lipinski definition) is 2. The minimum Gasteiger partial charge on any atom is -0.378 e. The van der Waals surface area contributed by atoms with Gasteiger partial charge in [-0.15, -0.1) is 5.10 Å². The van der Waals surface area contributed by atoms with Crippen molar-refractivity contribution in [2.45, 2.75) is 25.9 Å². The van der Waals surface area contributed by atoms with Crippen LogP contribution in [0.4, 0.5) is 5.95 Å². The first-order chi connectivity index (χ1) is 10.6. The van der Waals surface area contributed by atoms with Gasteiger partial charge in [0.15, 0.2) is 5.82 Å². The topological polar surface area (TPSA) is 79.9 Å². The van der Waals surface area contributed by atoms with Gasteiger partial charge in [0.1, 0.15) is 0 Å². The maximum Gasteiger partial charge on any atom is 0.249 e. The first kappa shape index (κ1) is 15.0. The van der Waals surface area contributed by atoms with Crippen molar-refractivity contribution in [3.8, 4) is 11.4 Å². The molecule has 1 saturated heterocycles. The summed E-state index contributed by atoms with van der Waals surface area (Å²) in [6, 6.07) is 7.32. The van der Waals surface area contributed by atoms with Crippen molar-refractivity contribution in [3.05, 3.63) is 29.3 Å². The number of amides is 1. The molecule has 22 heavy (non-hydrogen) atoms. The SMILES string of the molecule is CC1OCCCC1C(=O)Nc1n[nH]c(-c2ccccc2Cl)n1. The van der Waals surface area contributed by atoms with Crippen molar-refractivity contribution in [1.29, 1.82) is 0 Å². The first-order valence-electron chi connectivity index (χ1n) is 7.25. The van der Waals surface area contributed by atoms with Gasteiger partial charge in [0.2, 0.25) is 11.9 Å². The number of nitrogens with zero attached hydrogens (tertiary/aromatic N) is 2. The lowest BCUT2D eigenvalue weighted by Crippen LogP contribution is -2.36. The molecule has 1 aromatic heterocycles. The van der Waals surface area contributed by atoms with Crippen LogP contribution in [-0.4, -0.2) is 33.8 Å². The first-order valence-corrected chi connectivity index (χ1v) is 7.62. The fourth-order valence-corrected chi connectivity index (χ4v) is 2.79. The number of aromatic amines is 1. The van der Waals surface area contributed by atoms with E-state index < -0.39 is 0 Å². The zero-order chi connectivity index (χ0) is 15.5. The lowest BCUT2D eigenvalue weighted by Gasteiger charge is -2.27. The fourth-order valence-electron chi connectivity index (χ4n) is 2.56. The summed E-state index contributed by atoms with van der Waals surface area (Å²) in [5, 5.41) is 10.1. The number of carbonyl (C=O) groups is 1. The molecule has 1 fully saturated rings. The molecular formula is C15H17ClN4O2. The Morgan fingerprint density at radius 2 is 2.27 bits per heavy atom. The van der Waals surface area contributed by atoms with Crippen LogP contribution in [0.2, 0.25) is 5.02 Å². The zero-order valence-electron chi connectivity index (χ0n) is 12.2. The Kier molecular flexibility index (Phi) is 4.40. The molecular weight excluding hydrogens is 304 g/mol. The van der Waals surface area contributed by atoms with Crippen LogP contribution in [-0.2, 0) is 9.53 Å². The summed E-state index contributed by atoms with van der Waals surface area (Å²) in [5.74, 6) is 0.486. The molecule has 0 radical (unpaired) electrons. The molecule has 2 unspecified atom stereocenters. The Hall–Kier alpha value is -1.92. The molecule has 2 N–H and O–H groups in total. The lowest BCUT2D eigenvalue weighted by molar-refractivity contribution is -0.127. The number of halogens is 1. The molecule has 6 nitrogen and oxygen atoms in total. The van der Waals surface area contributed by atoms with Crippen LogP contribution < -0.4 is 5.32 Å². The standard InChI is InChI=1S/C15H17ClN4O2/c1-9-10(6-4-8-22-9)14(21)18-15-17-13(19-20-15)11-5-2-3-7-12(11)16/h2-3,5,7,9-10H,4,6,8H2,1H3,(H2,17,18,19,20,21). The van der Waals surface area contributed by atoms with Gasteiger partial charge in [0.05, 0.1) is 17.0 Å². The predicted octanol–water partition coefficient (Wildman–Crippen LogP) is 2.88. The Morgan fingerprint density at radius 1 is 1.45 bits per heavy atom. The summed E-state index contributed by atoms with van der Waals surface area (Å²) in [7, 11) is 0. The molecule has 2 atom stereocenters. The maximum absolute atomic E-state index is 12.3. The van der Waals surface area contributed by atoms with Crippen molar-refractivity contribution in [2.75, 3.05) is 11.9 Å². The summed E-state index contributed by atoms with van der Waals surface area (Å²) in [5.41, 5.74) is 0.742. The molecule has 1 aliphatic heterocycles. The van der Waals surface area contributed by atoms with Crippen LogP contribution in [0.5, 0.6) is 0 Å². The van der Waals surface area contributed by atoms with Gasteiger partial charge < -0.3 is 4.74 Å². The maximum atomic E-state index is 12.3. The third-order valence-corrected chi connectivity index (χ3v) is 4.12. The molecule has 2 heterocycles. The Bertz CT molecular complexity index is 673. The molecule has 1 aliphatic rings. The van der Waals surface area contributed by atoms with Crippen molar-refractivity contribution < 1.29 is 9.53 Å². The van der Waals surface area contributed by atoms with Crippen molar-refractivity contribution in [3.63, 3.8) is 0 Å². The highest BCUT2D eigenvalue weighted by Gasteiger charge is 2.29. The molecule has 0 spiro atoms. The van der Waals surface area contributed by atoms with E-state index in [1.165, 1.54) is 0 Å². The summed E-state index contributed by atoms with van der Waals surface area (Å²) in [4.78, 5) is 16.6. The van der Waals surface area contributed by atoms with Gasteiger partial charge >= 0.3 is 0 Å². The van der Waals surface area contributed by atoms with Gasteiger partial charge in [-0.2, -0.15) is 4.98 Å². The number of nitrogens with one attached hydrogen (secondary N) is 2. The number of ether oxygens (including phenoxy) is 1. The largest absolute Gasteiger partial charge is 0.378 e. The highest BCUT2D eigenvalue weighted by molar-refractivity contribution is 6.33. The van der Waals surface area contributed by atoms with Gasteiger partial charge in [0, 0.05) is 12.2 Å². The van der Waals surface area contributed by atoms with Crippen molar-refractivity contribution in [2.24, 2.45) is 5.92 Å². The van der Waals surface area contributed by atoms with E-state index in [0.717, 1.165) is 18.4 Å². The highest BCUT2D eigenvalue weighted by atomic mass is 35.5. The molecule has 0 saturated carbocycles. The van der Waals surface area contributed by atoms with Crippen LogP contribution in [0, 0.1) is 5.92 Å². The van der Waals surface area contributed by atoms with Crippen molar-refractivity contribution >= 4 is 23.5 Å². The van der Waals surface area contributed by atoms with E-state index >= 15 is 0 Å². The normalized spacial score (nSPS) is 21.5. The lowest BCUT2D eigenvalue weighted by atomic mass is 9.94. The molecule has 2 aromatic rings. The summed E-state index contributed by atoms with van der Waals surface area (Å²) >= 11 is 6.12. The van der Waals surface area contributed by atoms with E-state index in [9.17, 15) is 4.79 Å². The highest BCUT2D eigenvalue weighted by Crippen LogP contribution is 2.25. The number of rotatable bonds is 3. The third kappa shape index (κ3) is 3.13. The van der Waals surface area contributed by atoms with Crippen molar-refractivity contribution in [1.82, 2.24) is 15.2 Å². The van der Waals surface area contributed by atoms with E-state index in [1.54, 1.807) is 6.07 Å². The molecule has 1 amide bonds. The summed E-state index contributed by atoms with van der Waals surface area (Å²) in [6.07, 6.45) is 1.62. The van der Waals surface area contributed by atoms with Crippen LogP contribution in [0.25, 0.3) is 11.4 Å². The molecule has 1 aromatic carbocycles. The average molecular weight is 321 g/mol. The second-order valence-electron chi connectivity index (χ2n) is 5.30. The monoisotopic (exact) mass is 320 g/mol. The van der Waals surface area contributed by atoms with E-state index in [0.29, 0.717) is 17.5 Å². The number of H-pyrrole nitrogens is 1. The number of benzene rings is 1. The van der Waals surface area contributed by atoms with E-state index in [4.69, 9.17) is 16.3 Å².